The summed E-state index contributed by atoms with van der Waals surface area (Å²) in [4.78, 5) is 6.47. The second-order valence-corrected chi connectivity index (χ2v) is 3.26. The van der Waals surface area contributed by atoms with Gasteiger partial charge in [0.2, 0.25) is 0 Å². The van der Waals surface area contributed by atoms with Crippen LogP contribution in [0, 0.1) is 0 Å². The van der Waals surface area contributed by atoms with Gasteiger partial charge in [0, 0.05) is 13.1 Å². The van der Waals surface area contributed by atoms with Crippen LogP contribution in [0.5, 0.6) is 0 Å². The zero-order chi connectivity index (χ0) is 8.39. The van der Waals surface area contributed by atoms with Crippen LogP contribution in [0.15, 0.2) is 16.6 Å². The molecule has 0 saturated heterocycles. The van der Waals surface area contributed by atoms with Gasteiger partial charge in [-0.2, -0.15) is 0 Å². The molecule has 0 amide bonds. The van der Waals surface area contributed by atoms with Gasteiger partial charge in [-0.1, -0.05) is 11.6 Å². The van der Waals surface area contributed by atoms with Crippen LogP contribution in [0.25, 0.3) is 0 Å². The lowest BCUT2D eigenvalue weighted by Gasteiger charge is -2.25. The second-order valence-electron chi connectivity index (χ2n) is 3.26. The highest BCUT2D eigenvalue weighted by molar-refractivity contribution is 5.75. The number of hydrogen-bond donors (Lipinski definition) is 0. The number of nitrogens with zero attached hydrogens (tertiary/aromatic N) is 2. The fraction of sp³-hybridized carbons (Fsp3) is 0.667. The van der Waals surface area contributed by atoms with Gasteiger partial charge in [-0.25, -0.2) is 4.99 Å². The first-order valence-corrected chi connectivity index (χ1v) is 4.44. The van der Waals surface area contributed by atoms with Crippen LogP contribution in [0.1, 0.15) is 13.3 Å². The maximum Gasteiger partial charge on any atom is 0.287 e. The Morgan fingerprint density at radius 2 is 2.50 bits per heavy atom. The molecule has 3 nitrogen and oxygen atoms in total. The van der Waals surface area contributed by atoms with E-state index in [1.807, 2.05) is 0 Å². The summed E-state index contributed by atoms with van der Waals surface area (Å²) in [6.07, 6.45) is 3.38. The predicted molar refractivity (Wildman–Crippen MR) is 48.2 cm³/mol. The molecule has 0 spiro atoms. The summed E-state index contributed by atoms with van der Waals surface area (Å²) >= 11 is 0. The lowest BCUT2D eigenvalue weighted by atomic mass is 10.1. The maximum absolute atomic E-state index is 5.37. The summed E-state index contributed by atoms with van der Waals surface area (Å²) in [5.41, 5.74) is 1.48. The lowest BCUT2D eigenvalue weighted by molar-refractivity contribution is 0.269. The minimum absolute atomic E-state index is 0.758. The van der Waals surface area contributed by atoms with Crippen LogP contribution in [-0.2, 0) is 4.74 Å². The Morgan fingerprint density at radius 3 is 3.08 bits per heavy atom. The smallest absolute Gasteiger partial charge is 0.287 e. The van der Waals surface area contributed by atoms with Crippen LogP contribution in [0.3, 0.4) is 0 Å². The average molecular weight is 166 g/mol. The third kappa shape index (κ3) is 1.44. The van der Waals surface area contributed by atoms with Crippen LogP contribution >= 0.6 is 0 Å². The number of hydrogen-bond acceptors (Lipinski definition) is 3. The summed E-state index contributed by atoms with van der Waals surface area (Å²) in [7, 11) is 0. The van der Waals surface area contributed by atoms with Crippen molar-refractivity contribution in [3.05, 3.63) is 11.6 Å². The Kier molecular flexibility index (Phi) is 2.02. The van der Waals surface area contributed by atoms with E-state index >= 15 is 0 Å². The van der Waals surface area contributed by atoms with E-state index in [4.69, 9.17) is 4.74 Å². The quantitative estimate of drug-likeness (QED) is 0.502. The normalized spacial score (nSPS) is 23.2. The molecule has 2 heterocycles. The third-order valence-corrected chi connectivity index (χ3v) is 2.28. The molecule has 2 rings (SSSR count). The van der Waals surface area contributed by atoms with Crippen molar-refractivity contribution in [1.82, 2.24) is 4.90 Å². The monoisotopic (exact) mass is 166 g/mol. The molecule has 2 aliphatic rings. The Morgan fingerprint density at radius 1 is 1.58 bits per heavy atom. The second kappa shape index (κ2) is 3.17. The first-order chi connectivity index (χ1) is 5.86. The highest BCUT2D eigenvalue weighted by atomic mass is 16.5. The molecular formula is C9H14N2O. The van der Waals surface area contributed by atoms with Gasteiger partial charge >= 0.3 is 0 Å². The van der Waals surface area contributed by atoms with Gasteiger partial charge in [0.15, 0.2) is 0 Å². The van der Waals surface area contributed by atoms with Gasteiger partial charge in [0.1, 0.15) is 6.61 Å². The molecule has 12 heavy (non-hydrogen) atoms. The molecule has 0 aromatic carbocycles. The van der Waals surface area contributed by atoms with E-state index in [0.29, 0.717) is 0 Å². The molecule has 0 unspecified atom stereocenters. The Labute approximate surface area is 72.7 Å². The van der Waals surface area contributed by atoms with E-state index in [1.165, 1.54) is 5.57 Å². The van der Waals surface area contributed by atoms with Gasteiger partial charge in [-0.3, -0.25) is 0 Å². The largest absolute Gasteiger partial charge is 0.463 e. The van der Waals surface area contributed by atoms with E-state index in [0.717, 1.165) is 38.7 Å². The summed E-state index contributed by atoms with van der Waals surface area (Å²) < 4.78 is 5.37. The first kappa shape index (κ1) is 7.65. The summed E-state index contributed by atoms with van der Waals surface area (Å²) in [5.74, 6) is 0. The Balaban J connectivity index is 1.98. The molecule has 0 N–H and O–H groups in total. The molecule has 3 heteroatoms. The molecule has 0 saturated carbocycles. The fourth-order valence-corrected chi connectivity index (χ4v) is 1.46. The van der Waals surface area contributed by atoms with Gasteiger partial charge in [-0.15, -0.1) is 0 Å². The van der Waals surface area contributed by atoms with Crippen molar-refractivity contribution in [3.63, 3.8) is 0 Å². The zero-order valence-electron chi connectivity index (χ0n) is 7.42. The van der Waals surface area contributed by atoms with E-state index < -0.39 is 0 Å². The molecule has 0 aromatic heterocycles. The molecule has 0 aromatic rings. The van der Waals surface area contributed by atoms with Gasteiger partial charge in [0.25, 0.3) is 6.02 Å². The van der Waals surface area contributed by atoms with Crippen LogP contribution in [0.2, 0.25) is 0 Å². The zero-order valence-corrected chi connectivity index (χ0v) is 7.42. The minimum atomic E-state index is 0.758. The highest BCUT2D eigenvalue weighted by Gasteiger charge is 2.17. The predicted octanol–water partition coefficient (Wildman–Crippen LogP) is 1.02. The van der Waals surface area contributed by atoms with Crippen molar-refractivity contribution in [1.29, 1.82) is 0 Å². The molecule has 0 bridgehead atoms. The molecular weight excluding hydrogens is 152 g/mol. The van der Waals surface area contributed by atoms with Crippen molar-refractivity contribution in [2.24, 2.45) is 4.99 Å². The number of rotatable bonds is 0. The number of amidine groups is 1. The van der Waals surface area contributed by atoms with Crippen LogP contribution in [-0.4, -0.2) is 37.2 Å². The van der Waals surface area contributed by atoms with Crippen LogP contribution in [0.4, 0.5) is 0 Å². The highest BCUT2D eigenvalue weighted by Crippen LogP contribution is 2.11. The molecule has 0 fully saturated rings. The van der Waals surface area contributed by atoms with Crippen molar-refractivity contribution in [2.75, 3.05) is 26.2 Å². The molecule has 0 radical (unpaired) electrons. The van der Waals surface area contributed by atoms with Crippen molar-refractivity contribution < 1.29 is 4.74 Å². The fourth-order valence-electron chi connectivity index (χ4n) is 1.46. The standard InChI is InChI=1S/C9H14N2O/c1-8-2-5-11(6-3-8)9-10-4-7-12-9/h2H,3-7H2,1H3. The van der Waals surface area contributed by atoms with Crippen molar-refractivity contribution in [3.8, 4) is 0 Å². The van der Waals surface area contributed by atoms with Gasteiger partial charge < -0.3 is 9.64 Å². The maximum atomic E-state index is 5.37. The van der Waals surface area contributed by atoms with E-state index in [2.05, 4.69) is 22.9 Å². The molecule has 0 aliphatic carbocycles. The molecule has 66 valence electrons. The Hall–Kier alpha value is -0.990. The minimum Gasteiger partial charge on any atom is -0.463 e. The van der Waals surface area contributed by atoms with Gasteiger partial charge in [-0.05, 0) is 13.3 Å². The number of aliphatic imine (C=N–C) groups is 1. The summed E-state index contributed by atoms with van der Waals surface area (Å²) in [6.45, 7) is 5.78. The SMILES string of the molecule is CC1=CCN(C2=NCCO2)CC1. The van der Waals surface area contributed by atoms with E-state index in [1.54, 1.807) is 0 Å². The van der Waals surface area contributed by atoms with Gasteiger partial charge in [0.05, 0.1) is 6.54 Å². The molecule has 2 aliphatic heterocycles. The molecule has 0 atom stereocenters. The van der Waals surface area contributed by atoms with Crippen molar-refractivity contribution in [2.45, 2.75) is 13.3 Å². The number of ether oxygens (including phenoxy) is 1. The van der Waals surface area contributed by atoms with Crippen molar-refractivity contribution >= 4 is 6.02 Å². The van der Waals surface area contributed by atoms with Crippen LogP contribution < -0.4 is 0 Å². The topological polar surface area (TPSA) is 24.8 Å². The summed E-state index contributed by atoms with van der Waals surface area (Å²) in [6, 6.07) is 0.846. The third-order valence-electron chi connectivity index (χ3n) is 2.28. The Bertz CT molecular complexity index is 233. The van der Waals surface area contributed by atoms with E-state index in [9.17, 15) is 0 Å². The summed E-state index contributed by atoms with van der Waals surface area (Å²) in [5, 5.41) is 0. The average Bonchev–Trinajstić information content (AvgIpc) is 2.58. The lowest BCUT2D eigenvalue weighted by Crippen LogP contribution is -2.34. The first-order valence-electron chi connectivity index (χ1n) is 4.44. The van der Waals surface area contributed by atoms with E-state index in [-0.39, 0.29) is 0 Å².